The number of hydrogen-bond donors (Lipinski definition) is 0. The third kappa shape index (κ3) is 3.11. The van der Waals surface area contributed by atoms with Crippen LogP contribution in [0.4, 0.5) is 0 Å². The lowest BCUT2D eigenvalue weighted by molar-refractivity contribution is -0.117. The van der Waals surface area contributed by atoms with Crippen LogP contribution >= 0.6 is 0 Å². The van der Waals surface area contributed by atoms with Crippen LogP contribution in [0.5, 0.6) is 5.75 Å². The van der Waals surface area contributed by atoms with Crippen molar-refractivity contribution >= 4 is 5.78 Å². The van der Waals surface area contributed by atoms with Crippen LogP contribution in [-0.4, -0.2) is 12.4 Å². The predicted molar refractivity (Wildman–Crippen MR) is 50.6 cm³/mol. The number of carbonyl (C=O) groups excluding carboxylic acids is 1. The van der Waals surface area contributed by atoms with Crippen LogP contribution in [0.15, 0.2) is 36.4 Å². The first-order valence-electron chi connectivity index (χ1n) is 3.98. The van der Waals surface area contributed by atoms with E-state index in [0.29, 0.717) is 11.3 Å². The lowest BCUT2D eigenvalue weighted by atomic mass is 10.2. The van der Waals surface area contributed by atoms with Crippen LogP contribution < -0.4 is 4.74 Å². The molecule has 0 aliphatic carbocycles. The van der Waals surface area contributed by atoms with E-state index in [4.69, 9.17) is 4.74 Å². The van der Waals surface area contributed by atoms with Crippen LogP contribution in [0.25, 0.3) is 0 Å². The summed E-state index contributed by atoms with van der Waals surface area (Å²) in [4.78, 5) is 11.1. The zero-order chi connectivity index (χ0) is 9.68. The molecule has 0 aromatic heterocycles. The van der Waals surface area contributed by atoms with E-state index in [1.54, 1.807) is 19.1 Å². The first kappa shape index (κ1) is 9.52. The maximum absolute atomic E-state index is 11.1. The Morgan fingerprint density at radius 3 is 2.92 bits per heavy atom. The number of ether oxygens (including phenoxy) is 1. The van der Waals surface area contributed by atoms with Gasteiger partial charge in [-0.3, -0.25) is 4.79 Å². The average molecular weight is 175 g/mol. The minimum absolute atomic E-state index is 0.0375. The maximum atomic E-state index is 11.1. The molecule has 2 heteroatoms. The lowest BCUT2D eigenvalue weighted by Gasteiger charge is -2.03. The van der Waals surface area contributed by atoms with E-state index in [2.05, 4.69) is 12.6 Å². The average Bonchev–Trinajstić information content (AvgIpc) is 2.15. The van der Waals surface area contributed by atoms with Crippen LogP contribution in [-0.2, 0) is 4.79 Å². The number of carbonyl (C=O) groups is 1. The second kappa shape index (κ2) is 4.45. The predicted octanol–water partition coefficient (Wildman–Crippen LogP) is 2.01. The quantitative estimate of drug-likeness (QED) is 0.654. The van der Waals surface area contributed by atoms with E-state index in [1.807, 2.05) is 12.1 Å². The molecule has 0 N–H and O–H groups in total. The Labute approximate surface area is 77.8 Å². The second-order valence-electron chi connectivity index (χ2n) is 2.72. The van der Waals surface area contributed by atoms with Gasteiger partial charge in [-0.2, -0.15) is 0 Å². The van der Waals surface area contributed by atoms with Gasteiger partial charge in [-0.05, 0) is 18.6 Å². The summed E-state index contributed by atoms with van der Waals surface area (Å²) < 4.78 is 5.16. The smallest absolute Gasteiger partial charge is 0.195 e. The normalized spacial score (nSPS) is 9.31. The van der Waals surface area contributed by atoms with E-state index in [9.17, 15) is 4.79 Å². The Balaban J connectivity index is 2.44. The van der Waals surface area contributed by atoms with Gasteiger partial charge in [-0.25, -0.2) is 0 Å². The fourth-order valence-corrected chi connectivity index (χ4v) is 0.733. The van der Waals surface area contributed by atoms with Crippen molar-refractivity contribution in [2.45, 2.75) is 6.92 Å². The summed E-state index contributed by atoms with van der Waals surface area (Å²) in [5.41, 5.74) is 0.510. The third-order valence-corrected chi connectivity index (χ3v) is 1.52. The number of Topliss-reactive ketones (excluding diaryl/α,β-unsaturated/α-hetero) is 1. The molecule has 0 aliphatic heterocycles. The van der Waals surface area contributed by atoms with E-state index in [-0.39, 0.29) is 12.4 Å². The number of para-hydroxylation sites is 1. The number of benzene rings is 1. The van der Waals surface area contributed by atoms with E-state index < -0.39 is 0 Å². The molecular weight excluding hydrogens is 164 g/mol. The Morgan fingerprint density at radius 1 is 1.62 bits per heavy atom. The third-order valence-electron chi connectivity index (χ3n) is 1.52. The highest BCUT2D eigenvalue weighted by Gasteiger charge is 2.02. The molecule has 1 rings (SSSR count). The van der Waals surface area contributed by atoms with Crippen molar-refractivity contribution in [3.63, 3.8) is 0 Å². The van der Waals surface area contributed by atoms with Crippen LogP contribution in [0, 0.1) is 6.07 Å². The van der Waals surface area contributed by atoms with Crippen molar-refractivity contribution in [1.82, 2.24) is 0 Å². The molecule has 0 heterocycles. The Kier molecular flexibility index (Phi) is 3.26. The molecule has 2 nitrogen and oxygen atoms in total. The molecule has 67 valence electrons. The van der Waals surface area contributed by atoms with Gasteiger partial charge in [0.1, 0.15) is 5.75 Å². The SMILES string of the molecule is C=C(C)C(=O)COc1[c]cccc1. The highest BCUT2D eigenvalue weighted by Crippen LogP contribution is 2.07. The minimum atomic E-state index is -0.0859. The fourth-order valence-electron chi connectivity index (χ4n) is 0.733. The molecule has 1 aromatic rings. The standard InChI is InChI=1S/C11H11O2/c1-9(2)11(12)8-13-10-6-4-3-5-7-10/h3-6H,1,8H2,2H3. The first-order valence-corrected chi connectivity index (χ1v) is 3.98. The maximum Gasteiger partial charge on any atom is 0.195 e. The lowest BCUT2D eigenvalue weighted by Crippen LogP contribution is -2.11. The number of hydrogen-bond acceptors (Lipinski definition) is 2. The van der Waals surface area contributed by atoms with Gasteiger partial charge in [-0.15, -0.1) is 0 Å². The van der Waals surface area contributed by atoms with Crippen molar-refractivity contribution in [2.75, 3.05) is 6.61 Å². The molecule has 1 radical (unpaired) electrons. The zero-order valence-corrected chi connectivity index (χ0v) is 7.54. The molecule has 0 spiro atoms. The van der Waals surface area contributed by atoms with Gasteiger partial charge in [0.2, 0.25) is 0 Å². The van der Waals surface area contributed by atoms with Crippen molar-refractivity contribution in [3.05, 3.63) is 42.5 Å². The number of rotatable bonds is 4. The van der Waals surface area contributed by atoms with Gasteiger partial charge >= 0.3 is 0 Å². The Bertz CT molecular complexity index is 301. The molecule has 0 unspecified atom stereocenters. The van der Waals surface area contributed by atoms with E-state index in [0.717, 1.165) is 0 Å². The highest BCUT2D eigenvalue weighted by atomic mass is 16.5. The molecule has 13 heavy (non-hydrogen) atoms. The summed E-state index contributed by atoms with van der Waals surface area (Å²) in [6.45, 7) is 5.23. The van der Waals surface area contributed by atoms with E-state index >= 15 is 0 Å². The van der Waals surface area contributed by atoms with Gasteiger partial charge in [0.25, 0.3) is 0 Å². The summed E-state index contributed by atoms with van der Waals surface area (Å²) in [6.07, 6.45) is 0. The molecule has 0 amide bonds. The van der Waals surface area contributed by atoms with Gasteiger partial charge < -0.3 is 4.74 Å². The number of ketones is 1. The molecule has 1 aromatic carbocycles. The molecule has 0 fully saturated rings. The van der Waals surface area contributed by atoms with Crippen molar-refractivity contribution in [2.24, 2.45) is 0 Å². The topological polar surface area (TPSA) is 26.3 Å². The molecular formula is C11H11O2. The summed E-state index contributed by atoms with van der Waals surface area (Å²) in [5, 5.41) is 0. The summed E-state index contributed by atoms with van der Waals surface area (Å²) >= 11 is 0. The van der Waals surface area contributed by atoms with Gasteiger partial charge in [0, 0.05) is 6.07 Å². The summed E-state index contributed by atoms with van der Waals surface area (Å²) in [5.74, 6) is 0.495. The summed E-state index contributed by atoms with van der Waals surface area (Å²) in [7, 11) is 0. The second-order valence-corrected chi connectivity index (χ2v) is 2.72. The van der Waals surface area contributed by atoms with Crippen molar-refractivity contribution in [3.8, 4) is 5.75 Å². The summed E-state index contributed by atoms with van der Waals surface area (Å²) in [6, 6.07) is 10.0. The first-order chi connectivity index (χ1) is 6.20. The highest BCUT2D eigenvalue weighted by molar-refractivity contribution is 5.95. The van der Waals surface area contributed by atoms with Crippen LogP contribution in [0.3, 0.4) is 0 Å². The van der Waals surface area contributed by atoms with E-state index in [1.165, 1.54) is 0 Å². The molecule has 0 saturated carbocycles. The van der Waals surface area contributed by atoms with Crippen molar-refractivity contribution < 1.29 is 9.53 Å². The molecule has 0 aliphatic rings. The Morgan fingerprint density at radius 2 is 2.38 bits per heavy atom. The molecule has 0 saturated heterocycles. The van der Waals surface area contributed by atoms with Gasteiger partial charge in [0.15, 0.2) is 12.4 Å². The monoisotopic (exact) mass is 175 g/mol. The fraction of sp³-hybridized carbons (Fsp3) is 0.182. The Hall–Kier alpha value is -1.57. The largest absolute Gasteiger partial charge is 0.485 e. The zero-order valence-electron chi connectivity index (χ0n) is 7.54. The van der Waals surface area contributed by atoms with Gasteiger partial charge in [-0.1, -0.05) is 24.8 Å². The van der Waals surface area contributed by atoms with Gasteiger partial charge in [0.05, 0.1) is 0 Å². The van der Waals surface area contributed by atoms with Crippen molar-refractivity contribution in [1.29, 1.82) is 0 Å². The molecule has 0 bridgehead atoms. The molecule has 0 atom stereocenters. The van der Waals surface area contributed by atoms with Crippen LogP contribution in [0.2, 0.25) is 0 Å². The minimum Gasteiger partial charge on any atom is -0.485 e. The van der Waals surface area contributed by atoms with Crippen LogP contribution in [0.1, 0.15) is 6.92 Å².